The number of carbonyl (C=O) groups excluding carboxylic acids is 1. The summed E-state index contributed by atoms with van der Waals surface area (Å²) in [6.45, 7) is 2.38. The van der Waals surface area contributed by atoms with Gasteiger partial charge in [0.05, 0.1) is 12.5 Å². The van der Waals surface area contributed by atoms with Gasteiger partial charge in [0.1, 0.15) is 11.4 Å². The van der Waals surface area contributed by atoms with Crippen molar-refractivity contribution in [3.05, 3.63) is 53.6 Å². The van der Waals surface area contributed by atoms with Gasteiger partial charge in [0.25, 0.3) is 0 Å². The second-order valence-corrected chi connectivity index (χ2v) is 6.87. The number of hydrogen-bond acceptors (Lipinski definition) is 3. The Morgan fingerprint density at radius 3 is 2.60 bits per heavy atom. The SMILES string of the molecule is CCC(=O)NCC1(OC)CC12c1ccccc1-c1ccc(OC)cc12. The lowest BCUT2D eigenvalue weighted by Crippen LogP contribution is -2.39. The average molecular weight is 337 g/mol. The maximum Gasteiger partial charge on any atom is 0.219 e. The molecule has 130 valence electrons. The molecule has 0 aliphatic heterocycles. The fourth-order valence-corrected chi connectivity index (χ4v) is 4.44. The van der Waals surface area contributed by atoms with E-state index in [9.17, 15) is 4.79 Å². The van der Waals surface area contributed by atoms with Crippen LogP contribution in [0.15, 0.2) is 42.5 Å². The number of benzene rings is 2. The number of hydrogen-bond donors (Lipinski definition) is 1. The van der Waals surface area contributed by atoms with E-state index in [0.29, 0.717) is 13.0 Å². The highest BCUT2D eigenvalue weighted by atomic mass is 16.5. The molecule has 2 aromatic rings. The Morgan fingerprint density at radius 1 is 1.12 bits per heavy atom. The molecule has 0 bridgehead atoms. The Bertz CT molecular complexity index is 847. The number of methoxy groups -OCH3 is 2. The fourth-order valence-electron chi connectivity index (χ4n) is 4.44. The first kappa shape index (κ1) is 16.2. The molecule has 4 heteroatoms. The lowest BCUT2D eigenvalue weighted by Gasteiger charge is -2.24. The molecule has 4 nitrogen and oxygen atoms in total. The Labute approximate surface area is 148 Å². The summed E-state index contributed by atoms with van der Waals surface area (Å²) in [6, 6.07) is 14.8. The van der Waals surface area contributed by atoms with Gasteiger partial charge in [-0.25, -0.2) is 0 Å². The normalized spacial score (nSPS) is 25.4. The quantitative estimate of drug-likeness (QED) is 0.911. The lowest BCUT2D eigenvalue weighted by atomic mass is 9.89. The zero-order valence-corrected chi connectivity index (χ0v) is 14.9. The van der Waals surface area contributed by atoms with Crippen LogP contribution in [0.5, 0.6) is 5.75 Å². The highest BCUT2D eigenvalue weighted by Gasteiger charge is 2.72. The van der Waals surface area contributed by atoms with Crippen molar-refractivity contribution >= 4 is 5.91 Å². The second-order valence-electron chi connectivity index (χ2n) is 6.87. The molecular weight excluding hydrogens is 314 g/mol. The van der Waals surface area contributed by atoms with Crippen molar-refractivity contribution < 1.29 is 14.3 Å². The van der Waals surface area contributed by atoms with Crippen molar-refractivity contribution in [2.24, 2.45) is 0 Å². The highest BCUT2D eigenvalue weighted by Crippen LogP contribution is 2.69. The third-order valence-corrected chi connectivity index (χ3v) is 5.85. The van der Waals surface area contributed by atoms with E-state index in [1.54, 1.807) is 14.2 Å². The second kappa shape index (κ2) is 5.60. The van der Waals surface area contributed by atoms with Crippen LogP contribution in [0.2, 0.25) is 0 Å². The molecule has 2 aliphatic rings. The van der Waals surface area contributed by atoms with Crippen LogP contribution in [0.25, 0.3) is 11.1 Å². The van der Waals surface area contributed by atoms with E-state index < -0.39 is 5.60 Å². The van der Waals surface area contributed by atoms with Gasteiger partial charge in [-0.1, -0.05) is 37.3 Å². The summed E-state index contributed by atoms with van der Waals surface area (Å²) in [5.74, 6) is 0.899. The molecule has 1 saturated carbocycles. The van der Waals surface area contributed by atoms with Crippen molar-refractivity contribution in [1.29, 1.82) is 0 Å². The van der Waals surface area contributed by atoms with Gasteiger partial charge in [0.2, 0.25) is 5.91 Å². The molecule has 2 aromatic carbocycles. The van der Waals surface area contributed by atoms with Crippen LogP contribution in [0.3, 0.4) is 0 Å². The van der Waals surface area contributed by atoms with E-state index in [1.165, 1.54) is 22.3 Å². The molecule has 2 unspecified atom stereocenters. The summed E-state index contributed by atoms with van der Waals surface area (Å²) < 4.78 is 11.5. The van der Waals surface area contributed by atoms with Crippen molar-refractivity contribution in [3.63, 3.8) is 0 Å². The van der Waals surface area contributed by atoms with Gasteiger partial charge >= 0.3 is 0 Å². The van der Waals surface area contributed by atoms with Gasteiger partial charge in [-0.3, -0.25) is 4.79 Å². The van der Waals surface area contributed by atoms with Crippen LogP contribution in [0.4, 0.5) is 0 Å². The first-order chi connectivity index (χ1) is 12.1. The van der Waals surface area contributed by atoms with E-state index in [0.717, 1.165) is 12.2 Å². The van der Waals surface area contributed by atoms with Gasteiger partial charge in [0, 0.05) is 20.1 Å². The maximum absolute atomic E-state index is 11.8. The summed E-state index contributed by atoms with van der Waals surface area (Å²) in [5.41, 5.74) is 4.37. The van der Waals surface area contributed by atoms with Gasteiger partial charge in [-0.15, -0.1) is 0 Å². The number of rotatable bonds is 5. The number of fused-ring (bicyclic) bond motifs is 5. The van der Waals surface area contributed by atoms with Crippen LogP contribution >= 0.6 is 0 Å². The molecule has 1 fully saturated rings. The average Bonchev–Trinajstić information content (AvgIpc) is 3.27. The van der Waals surface area contributed by atoms with Crippen LogP contribution in [-0.2, 0) is 14.9 Å². The van der Waals surface area contributed by atoms with Crippen molar-refractivity contribution in [2.75, 3.05) is 20.8 Å². The molecule has 1 N–H and O–H groups in total. The first-order valence-electron chi connectivity index (χ1n) is 8.72. The molecular formula is C21H23NO3. The van der Waals surface area contributed by atoms with Gasteiger partial charge in [-0.05, 0) is 40.8 Å². The molecule has 0 aromatic heterocycles. The first-order valence-corrected chi connectivity index (χ1v) is 8.72. The standard InChI is InChI=1S/C21H23NO3/c1-4-19(23)22-13-20(25-3)12-21(20)17-8-6-5-7-15(17)16-10-9-14(24-2)11-18(16)21/h5-11H,4,12-13H2,1-3H3,(H,22,23). The molecule has 2 aliphatic carbocycles. The Morgan fingerprint density at radius 2 is 1.88 bits per heavy atom. The number of ether oxygens (including phenoxy) is 2. The predicted octanol–water partition coefficient (Wildman–Crippen LogP) is 3.28. The van der Waals surface area contributed by atoms with Crippen molar-refractivity contribution in [3.8, 4) is 16.9 Å². The summed E-state index contributed by atoms with van der Waals surface area (Å²) in [5, 5.41) is 3.03. The minimum Gasteiger partial charge on any atom is -0.497 e. The molecule has 25 heavy (non-hydrogen) atoms. The van der Waals surface area contributed by atoms with Crippen LogP contribution < -0.4 is 10.1 Å². The molecule has 0 saturated heterocycles. The maximum atomic E-state index is 11.8. The molecule has 2 atom stereocenters. The highest BCUT2D eigenvalue weighted by molar-refractivity contribution is 5.85. The fraction of sp³-hybridized carbons (Fsp3) is 0.381. The summed E-state index contributed by atoms with van der Waals surface area (Å²) in [7, 11) is 3.43. The minimum atomic E-state index is -0.411. The number of nitrogens with one attached hydrogen (secondary N) is 1. The van der Waals surface area contributed by atoms with Gasteiger partial charge in [0.15, 0.2) is 0 Å². The monoisotopic (exact) mass is 337 g/mol. The number of carbonyl (C=O) groups is 1. The van der Waals surface area contributed by atoms with Crippen molar-refractivity contribution in [1.82, 2.24) is 5.32 Å². The van der Waals surface area contributed by atoms with E-state index in [4.69, 9.17) is 9.47 Å². The topological polar surface area (TPSA) is 47.6 Å². The zero-order valence-electron chi connectivity index (χ0n) is 14.9. The predicted molar refractivity (Wildman–Crippen MR) is 96.9 cm³/mol. The van der Waals surface area contributed by atoms with E-state index in [-0.39, 0.29) is 11.3 Å². The molecule has 0 radical (unpaired) electrons. The molecule has 4 rings (SSSR count). The lowest BCUT2D eigenvalue weighted by molar-refractivity contribution is -0.121. The van der Waals surface area contributed by atoms with Crippen LogP contribution in [0, 0.1) is 0 Å². The molecule has 1 amide bonds. The third-order valence-electron chi connectivity index (χ3n) is 5.85. The Hall–Kier alpha value is -2.33. The Balaban J connectivity index is 1.83. The largest absolute Gasteiger partial charge is 0.497 e. The number of amides is 1. The Kier molecular flexibility index (Phi) is 3.62. The van der Waals surface area contributed by atoms with Crippen molar-refractivity contribution in [2.45, 2.75) is 30.8 Å². The van der Waals surface area contributed by atoms with E-state index >= 15 is 0 Å². The molecule has 1 spiro atoms. The van der Waals surface area contributed by atoms with Gasteiger partial charge < -0.3 is 14.8 Å². The third kappa shape index (κ3) is 2.07. The zero-order chi connectivity index (χ0) is 17.7. The minimum absolute atomic E-state index is 0.0515. The summed E-state index contributed by atoms with van der Waals surface area (Å²) in [4.78, 5) is 11.8. The smallest absolute Gasteiger partial charge is 0.219 e. The van der Waals surface area contributed by atoms with Crippen LogP contribution in [0.1, 0.15) is 30.9 Å². The van der Waals surface area contributed by atoms with Gasteiger partial charge in [-0.2, -0.15) is 0 Å². The molecule has 0 heterocycles. The summed E-state index contributed by atoms with van der Waals surface area (Å²) >= 11 is 0. The van der Waals surface area contributed by atoms with E-state index in [2.05, 4.69) is 41.7 Å². The van der Waals surface area contributed by atoms with E-state index in [1.807, 2.05) is 13.0 Å². The van der Waals surface area contributed by atoms with Crippen LogP contribution in [-0.4, -0.2) is 32.3 Å². The summed E-state index contributed by atoms with van der Waals surface area (Å²) in [6.07, 6.45) is 1.34.